The molecule has 16 heteroatoms. The Morgan fingerprint density at radius 3 is 2.77 bits per heavy atom. The SMILES string of the molecule is C[n+]1ccccc1SCC1=C(C(=O)[O-])N2C(=O)[C@@H](NC(=O)/C(=N\OC3(C(=O)O)CCC3)c3csc(N)n3)[C@H]2SC1. The molecule has 40 heavy (non-hydrogen) atoms. The number of thiazole rings is 1. The molecule has 2 atom stereocenters. The number of fused-ring (bicyclic) bond motifs is 1. The summed E-state index contributed by atoms with van der Waals surface area (Å²) in [5.41, 5.74) is 4.25. The highest BCUT2D eigenvalue weighted by atomic mass is 32.2. The van der Waals surface area contributed by atoms with Crippen LogP contribution < -0.4 is 20.7 Å². The van der Waals surface area contributed by atoms with Gasteiger partial charge in [-0.05, 0) is 18.1 Å². The molecule has 13 nitrogen and oxygen atoms in total. The zero-order valence-corrected chi connectivity index (χ0v) is 23.5. The molecule has 0 unspecified atom stereocenters. The number of pyridine rings is 1. The van der Waals surface area contributed by atoms with E-state index in [2.05, 4.69) is 15.5 Å². The van der Waals surface area contributed by atoms with Crippen molar-refractivity contribution in [1.29, 1.82) is 0 Å². The molecular formula is C24H24N6O7S3. The van der Waals surface area contributed by atoms with Crippen LogP contribution in [0.2, 0.25) is 0 Å². The van der Waals surface area contributed by atoms with Gasteiger partial charge in [-0.25, -0.2) is 9.78 Å². The molecule has 210 valence electrons. The molecule has 2 amide bonds. The molecule has 1 saturated carbocycles. The van der Waals surface area contributed by atoms with E-state index in [0.29, 0.717) is 23.5 Å². The van der Waals surface area contributed by atoms with Crippen LogP contribution in [0.4, 0.5) is 5.13 Å². The number of carbonyl (C=O) groups excluding carboxylic acids is 3. The van der Waals surface area contributed by atoms with Gasteiger partial charge in [-0.15, -0.1) is 23.1 Å². The summed E-state index contributed by atoms with van der Waals surface area (Å²) in [6.07, 6.45) is 2.98. The Kier molecular flexibility index (Phi) is 7.74. The number of oxime groups is 1. The van der Waals surface area contributed by atoms with Crippen molar-refractivity contribution in [2.24, 2.45) is 12.2 Å². The van der Waals surface area contributed by atoms with Gasteiger partial charge >= 0.3 is 5.97 Å². The van der Waals surface area contributed by atoms with Crippen molar-refractivity contribution in [1.82, 2.24) is 15.2 Å². The molecule has 0 spiro atoms. The average molecular weight is 605 g/mol. The predicted octanol–water partition coefficient (Wildman–Crippen LogP) is -0.526. The molecule has 4 heterocycles. The van der Waals surface area contributed by atoms with Gasteiger partial charge in [0.1, 0.15) is 24.2 Å². The third-order valence-corrected chi connectivity index (χ3v) is 10.00. The molecule has 0 aromatic carbocycles. The number of anilines is 1. The van der Waals surface area contributed by atoms with Crippen LogP contribution in [-0.4, -0.2) is 73.0 Å². The van der Waals surface area contributed by atoms with Crippen LogP contribution in [-0.2, 0) is 31.1 Å². The number of amides is 2. The van der Waals surface area contributed by atoms with Crippen molar-refractivity contribution in [3.8, 4) is 0 Å². The molecule has 4 N–H and O–H groups in total. The van der Waals surface area contributed by atoms with Crippen LogP contribution in [0, 0.1) is 0 Å². The Morgan fingerprint density at radius 2 is 2.17 bits per heavy atom. The van der Waals surface area contributed by atoms with Crippen molar-refractivity contribution in [3.05, 3.63) is 46.7 Å². The summed E-state index contributed by atoms with van der Waals surface area (Å²) in [5.74, 6) is -3.45. The first-order chi connectivity index (χ1) is 19.1. The number of thioether (sulfide) groups is 2. The lowest BCUT2D eigenvalue weighted by molar-refractivity contribution is -0.708. The number of aromatic nitrogens is 2. The normalized spacial score (nSPS) is 21.7. The van der Waals surface area contributed by atoms with Crippen LogP contribution in [0.5, 0.6) is 0 Å². The lowest BCUT2D eigenvalue weighted by Gasteiger charge is -2.50. The molecule has 2 aromatic rings. The van der Waals surface area contributed by atoms with Crippen LogP contribution in [0.1, 0.15) is 25.0 Å². The van der Waals surface area contributed by atoms with Gasteiger partial charge in [0.25, 0.3) is 11.8 Å². The number of β-lactam (4-membered cyclic amide) rings is 1. The smallest absolute Gasteiger partial charge is 0.350 e. The Morgan fingerprint density at radius 1 is 1.40 bits per heavy atom. The highest BCUT2D eigenvalue weighted by Gasteiger charge is 2.53. The Bertz CT molecular complexity index is 1450. The Balaban J connectivity index is 1.33. The number of aryl methyl sites for hydroxylation is 1. The molecule has 0 radical (unpaired) electrons. The topological polar surface area (TPSA) is 191 Å². The van der Waals surface area contributed by atoms with E-state index in [-0.39, 0.29) is 35.1 Å². The highest BCUT2D eigenvalue weighted by molar-refractivity contribution is 8.01. The third-order valence-electron chi connectivity index (χ3n) is 6.77. The number of nitrogens with zero attached hydrogens (tertiary/aromatic N) is 4. The second-order valence-corrected chi connectivity index (χ2v) is 12.3. The molecule has 1 saturated heterocycles. The zero-order chi connectivity index (χ0) is 28.6. The van der Waals surface area contributed by atoms with Gasteiger partial charge in [-0.3, -0.25) is 14.5 Å². The summed E-state index contributed by atoms with van der Waals surface area (Å²) in [6, 6.07) is 4.62. The lowest BCUT2D eigenvalue weighted by Crippen LogP contribution is -2.71. The fourth-order valence-electron chi connectivity index (χ4n) is 4.39. The number of hydrogen-bond acceptors (Lipinski definition) is 12. The number of nitrogens with one attached hydrogen (secondary N) is 1. The maximum absolute atomic E-state index is 13.3. The van der Waals surface area contributed by atoms with Crippen molar-refractivity contribution < 1.29 is 38.8 Å². The minimum absolute atomic E-state index is 0.0588. The molecule has 5 rings (SSSR count). The van der Waals surface area contributed by atoms with Gasteiger partial charge in [0, 0.05) is 41.9 Å². The predicted molar refractivity (Wildman–Crippen MR) is 144 cm³/mol. The number of hydrogen-bond donors (Lipinski definition) is 3. The van der Waals surface area contributed by atoms with E-state index in [9.17, 15) is 29.4 Å². The first-order valence-corrected chi connectivity index (χ1v) is 15.0. The fourth-order valence-corrected chi connectivity index (χ4v) is 7.41. The fraction of sp³-hybridized carbons (Fsp3) is 0.375. The van der Waals surface area contributed by atoms with E-state index >= 15 is 0 Å². The number of aliphatic carboxylic acids is 2. The number of carboxylic acids is 2. The van der Waals surface area contributed by atoms with E-state index in [0.717, 1.165) is 21.3 Å². The van der Waals surface area contributed by atoms with Crippen LogP contribution >= 0.6 is 34.9 Å². The standard InChI is InChI=1S/C24H24N6O7S3/c1-29-8-3-2-5-14(29)38-9-12-10-39-20-16(19(32)30(20)17(12)21(33)34)27-18(31)15(13-11-40-23(25)26-13)28-37-24(22(35)36)6-4-7-24/h2-3,5,8,11,16,20H,4,6-7,9-10H2,1H3,(H4-,25,26,27,31,33,34,35,36)/b28-15-/t16-,20-/m1/s1. The van der Waals surface area contributed by atoms with Gasteiger partial charge < -0.3 is 30.9 Å². The van der Waals surface area contributed by atoms with Crippen molar-refractivity contribution in [2.45, 2.75) is 41.3 Å². The van der Waals surface area contributed by atoms with Gasteiger partial charge in [-0.2, -0.15) is 4.57 Å². The van der Waals surface area contributed by atoms with Crippen LogP contribution in [0.3, 0.4) is 0 Å². The Labute approximate surface area is 240 Å². The van der Waals surface area contributed by atoms with Gasteiger partial charge in [0.15, 0.2) is 17.0 Å². The second kappa shape index (κ2) is 11.1. The van der Waals surface area contributed by atoms with E-state index in [1.54, 1.807) is 0 Å². The average Bonchev–Trinajstić information content (AvgIpc) is 3.32. The molecule has 3 aliphatic rings. The summed E-state index contributed by atoms with van der Waals surface area (Å²) in [6.45, 7) is 0. The molecule has 2 fully saturated rings. The van der Waals surface area contributed by atoms with Crippen molar-refractivity contribution in [2.75, 3.05) is 17.2 Å². The summed E-state index contributed by atoms with van der Waals surface area (Å²) in [4.78, 5) is 60.7. The first kappa shape index (κ1) is 27.9. The van der Waals surface area contributed by atoms with Crippen molar-refractivity contribution in [3.63, 3.8) is 0 Å². The second-order valence-electron chi connectivity index (χ2n) is 9.29. The number of nitrogen functional groups attached to an aromatic ring is 1. The van der Waals surface area contributed by atoms with E-state index in [1.165, 1.54) is 28.9 Å². The van der Waals surface area contributed by atoms with E-state index in [1.807, 2.05) is 36.0 Å². The molecular weight excluding hydrogens is 581 g/mol. The number of carbonyl (C=O) groups is 4. The monoisotopic (exact) mass is 604 g/mol. The number of nitrogens with two attached hydrogens (primary N) is 1. The third kappa shape index (κ3) is 5.13. The van der Waals surface area contributed by atoms with Gasteiger partial charge in [0.05, 0.1) is 11.7 Å². The zero-order valence-electron chi connectivity index (χ0n) is 21.1. The van der Waals surface area contributed by atoms with Crippen molar-refractivity contribution >= 4 is 69.5 Å². The largest absolute Gasteiger partial charge is 0.543 e. The van der Waals surface area contributed by atoms with Gasteiger partial charge in [-0.1, -0.05) is 16.9 Å². The first-order valence-electron chi connectivity index (χ1n) is 12.1. The lowest BCUT2D eigenvalue weighted by atomic mass is 9.80. The molecule has 2 aliphatic heterocycles. The molecule has 1 aliphatic carbocycles. The highest BCUT2D eigenvalue weighted by Crippen LogP contribution is 2.41. The summed E-state index contributed by atoms with van der Waals surface area (Å²) in [7, 11) is 1.88. The maximum atomic E-state index is 13.3. The quantitative estimate of drug-likeness (QED) is 0.104. The molecule has 0 bridgehead atoms. The summed E-state index contributed by atoms with van der Waals surface area (Å²) >= 11 is 3.81. The van der Waals surface area contributed by atoms with E-state index < -0.39 is 40.8 Å². The minimum Gasteiger partial charge on any atom is -0.543 e. The maximum Gasteiger partial charge on any atom is 0.350 e. The van der Waals surface area contributed by atoms with Crippen LogP contribution in [0.25, 0.3) is 0 Å². The summed E-state index contributed by atoms with van der Waals surface area (Å²) in [5, 5.41) is 29.9. The van der Waals surface area contributed by atoms with Gasteiger partial charge in [0.2, 0.25) is 10.6 Å². The number of carboxylic acid groups (broad SMARTS) is 2. The van der Waals surface area contributed by atoms with E-state index in [4.69, 9.17) is 10.6 Å². The molecule has 2 aromatic heterocycles. The van der Waals surface area contributed by atoms with Crippen LogP contribution in [0.15, 0.2) is 51.2 Å². The Hall–Kier alpha value is -3.63. The summed E-state index contributed by atoms with van der Waals surface area (Å²) < 4.78 is 1.91. The minimum atomic E-state index is -1.53. The number of rotatable bonds is 10.